The molecule has 9 nitrogen and oxygen atoms in total. The van der Waals surface area contributed by atoms with Gasteiger partial charge in [0.1, 0.15) is 17.5 Å². The number of β-lactam (4-membered cyclic amide) rings is 1. The minimum Gasteiger partial charge on any atom is -0.350 e. The summed E-state index contributed by atoms with van der Waals surface area (Å²) < 4.78 is 24.0. The summed E-state index contributed by atoms with van der Waals surface area (Å²) in [5.41, 5.74) is 0.860. The Hall–Kier alpha value is -2.49. The zero-order valence-corrected chi connectivity index (χ0v) is 17.7. The first kappa shape index (κ1) is 21.2. The standard InChI is InChI=1S/C19H26N4O5S/c1-11(2)15(17(25)21-10-12-5-7-20-8-6-12)22-18(26)16-19(3,4)29(27,28)14-9-13(24)23(14)16/h5-8,11,14-16H,9-10H2,1-4H3,(H,21,25)(H,22,26). The molecule has 10 heteroatoms. The Labute approximate surface area is 170 Å². The van der Waals surface area contributed by atoms with Crippen molar-refractivity contribution >= 4 is 27.6 Å². The first-order chi connectivity index (χ1) is 13.5. The highest BCUT2D eigenvalue weighted by Gasteiger charge is 2.67. The zero-order chi connectivity index (χ0) is 21.6. The van der Waals surface area contributed by atoms with Crippen molar-refractivity contribution in [3.63, 3.8) is 0 Å². The number of hydrogen-bond donors (Lipinski definition) is 2. The van der Waals surface area contributed by atoms with Gasteiger partial charge in [0.25, 0.3) is 0 Å². The molecule has 3 atom stereocenters. The summed E-state index contributed by atoms with van der Waals surface area (Å²) in [6, 6.07) is 1.52. The fourth-order valence-electron chi connectivity index (χ4n) is 3.82. The van der Waals surface area contributed by atoms with E-state index in [-0.39, 0.29) is 30.7 Å². The van der Waals surface area contributed by atoms with Crippen molar-refractivity contribution in [3.8, 4) is 0 Å². The Morgan fingerprint density at radius 2 is 1.90 bits per heavy atom. The van der Waals surface area contributed by atoms with Crippen LogP contribution in [0.1, 0.15) is 39.7 Å². The van der Waals surface area contributed by atoms with Crippen molar-refractivity contribution < 1.29 is 22.8 Å². The van der Waals surface area contributed by atoms with Crippen LogP contribution in [-0.4, -0.2) is 58.2 Å². The third-order valence-electron chi connectivity index (χ3n) is 5.69. The smallest absolute Gasteiger partial charge is 0.245 e. The monoisotopic (exact) mass is 422 g/mol. The predicted molar refractivity (Wildman–Crippen MR) is 105 cm³/mol. The van der Waals surface area contributed by atoms with Crippen molar-refractivity contribution in [2.24, 2.45) is 5.92 Å². The minimum atomic E-state index is -3.68. The number of rotatable bonds is 6. The molecule has 2 fully saturated rings. The zero-order valence-electron chi connectivity index (χ0n) is 16.9. The molecule has 3 unspecified atom stereocenters. The van der Waals surface area contributed by atoms with Gasteiger partial charge in [-0.1, -0.05) is 13.8 Å². The van der Waals surface area contributed by atoms with Gasteiger partial charge in [-0.15, -0.1) is 0 Å². The van der Waals surface area contributed by atoms with E-state index in [1.54, 1.807) is 38.4 Å². The van der Waals surface area contributed by atoms with Crippen molar-refractivity contribution in [1.82, 2.24) is 20.5 Å². The lowest BCUT2D eigenvalue weighted by Gasteiger charge is -2.37. The molecule has 29 heavy (non-hydrogen) atoms. The molecule has 1 aromatic heterocycles. The van der Waals surface area contributed by atoms with Crippen LogP contribution in [0, 0.1) is 5.92 Å². The number of carbonyl (C=O) groups excluding carboxylic acids is 3. The molecule has 0 bridgehead atoms. The van der Waals surface area contributed by atoms with Gasteiger partial charge in [-0.2, -0.15) is 0 Å². The first-order valence-corrected chi connectivity index (χ1v) is 11.0. The maximum absolute atomic E-state index is 13.0. The fraction of sp³-hybridized carbons (Fsp3) is 0.579. The van der Waals surface area contributed by atoms with E-state index in [1.807, 2.05) is 0 Å². The quantitative estimate of drug-likeness (QED) is 0.620. The highest BCUT2D eigenvalue weighted by molar-refractivity contribution is 7.93. The van der Waals surface area contributed by atoms with E-state index in [4.69, 9.17) is 0 Å². The molecule has 2 saturated heterocycles. The average molecular weight is 423 g/mol. The summed E-state index contributed by atoms with van der Waals surface area (Å²) in [6.45, 7) is 6.74. The molecule has 0 aliphatic carbocycles. The van der Waals surface area contributed by atoms with E-state index in [0.29, 0.717) is 0 Å². The van der Waals surface area contributed by atoms with Crippen LogP contribution in [0.5, 0.6) is 0 Å². The second-order valence-corrected chi connectivity index (χ2v) is 11.0. The van der Waals surface area contributed by atoms with Crippen LogP contribution in [-0.2, 0) is 30.8 Å². The van der Waals surface area contributed by atoms with Crippen molar-refractivity contribution in [3.05, 3.63) is 30.1 Å². The summed E-state index contributed by atoms with van der Waals surface area (Å²) in [4.78, 5) is 42.8. The van der Waals surface area contributed by atoms with Crippen LogP contribution in [0.25, 0.3) is 0 Å². The number of nitrogens with zero attached hydrogens (tertiary/aromatic N) is 2. The van der Waals surface area contributed by atoms with Crippen LogP contribution >= 0.6 is 0 Å². The molecular weight excluding hydrogens is 396 g/mol. The van der Waals surface area contributed by atoms with E-state index >= 15 is 0 Å². The third-order valence-corrected chi connectivity index (χ3v) is 8.49. The van der Waals surface area contributed by atoms with Crippen LogP contribution < -0.4 is 10.6 Å². The normalized spacial score (nSPS) is 25.1. The Morgan fingerprint density at radius 3 is 2.45 bits per heavy atom. The second kappa shape index (κ2) is 7.40. The molecule has 2 aliphatic heterocycles. The largest absolute Gasteiger partial charge is 0.350 e. The van der Waals surface area contributed by atoms with E-state index in [9.17, 15) is 22.8 Å². The molecule has 0 spiro atoms. The number of aromatic nitrogens is 1. The van der Waals surface area contributed by atoms with Crippen molar-refractivity contribution in [2.45, 2.75) is 62.9 Å². The van der Waals surface area contributed by atoms with Crippen LogP contribution in [0.2, 0.25) is 0 Å². The van der Waals surface area contributed by atoms with Crippen LogP contribution in [0.15, 0.2) is 24.5 Å². The van der Waals surface area contributed by atoms with Gasteiger partial charge in [-0.05, 0) is 37.5 Å². The molecule has 0 aromatic carbocycles. The molecule has 1 aromatic rings. The lowest BCUT2D eigenvalue weighted by molar-refractivity contribution is -0.150. The van der Waals surface area contributed by atoms with E-state index in [0.717, 1.165) is 10.5 Å². The van der Waals surface area contributed by atoms with Gasteiger partial charge in [0, 0.05) is 18.9 Å². The Kier molecular flexibility index (Phi) is 5.42. The molecule has 2 aliphatic rings. The summed E-state index contributed by atoms with van der Waals surface area (Å²) in [5, 5.41) is 4.49. The highest BCUT2D eigenvalue weighted by atomic mass is 32.2. The van der Waals surface area contributed by atoms with E-state index < -0.39 is 37.9 Å². The summed E-state index contributed by atoms with van der Waals surface area (Å²) in [7, 11) is -3.68. The molecule has 0 radical (unpaired) electrons. The Morgan fingerprint density at radius 1 is 1.28 bits per heavy atom. The van der Waals surface area contributed by atoms with Gasteiger partial charge in [-0.25, -0.2) is 8.42 Å². The van der Waals surface area contributed by atoms with E-state index in [2.05, 4.69) is 15.6 Å². The third kappa shape index (κ3) is 3.50. The molecule has 3 heterocycles. The van der Waals surface area contributed by atoms with Crippen LogP contribution in [0.4, 0.5) is 0 Å². The van der Waals surface area contributed by atoms with Gasteiger partial charge in [0.15, 0.2) is 9.84 Å². The predicted octanol–water partition coefficient (Wildman–Crippen LogP) is -0.0274. The lowest BCUT2D eigenvalue weighted by atomic mass is 9.95. The number of hydrogen-bond acceptors (Lipinski definition) is 6. The number of amides is 3. The Bertz CT molecular complexity index is 929. The van der Waals surface area contributed by atoms with Crippen LogP contribution in [0.3, 0.4) is 0 Å². The number of carbonyl (C=O) groups is 3. The number of fused-ring (bicyclic) bond motifs is 1. The van der Waals surface area contributed by atoms with Gasteiger partial charge in [-0.3, -0.25) is 19.4 Å². The average Bonchev–Trinajstić information content (AvgIpc) is 2.78. The summed E-state index contributed by atoms with van der Waals surface area (Å²) >= 11 is 0. The molecule has 3 rings (SSSR count). The summed E-state index contributed by atoms with van der Waals surface area (Å²) in [6.07, 6.45) is 3.13. The minimum absolute atomic E-state index is 0.102. The Balaban J connectivity index is 1.74. The van der Waals surface area contributed by atoms with Crippen molar-refractivity contribution in [2.75, 3.05) is 0 Å². The SMILES string of the molecule is CC(C)C(NC(=O)C1N2C(=O)CC2S(=O)(=O)C1(C)C)C(=O)NCc1ccncc1. The van der Waals surface area contributed by atoms with E-state index in [1.165, 1.54) is 13.8 Å². The van der Waals surface area contributed by atoms with Gasteiger partial charge >= 0.3 is 0 Å². The topological polar surface area (TPSA) is 126 Å². The number of sulfone groups is 1. The molecule has 3 amide bonds. The second-order valence-electron chi connectivity index (χ2n) is 8.31. The molecule has 2 N–H and O–H groups in total. The highest BCUT2D eigenvalue weighted by Crippen LogP contribution is 2.45. The fourth-order valence-corrected chi connectivity index (χ4v) is 5.95. The molecule has 0 saturated carbocycles. The molecular formula is C19H26N4O5S. The van der Waals surface area contributed by atoms with Gasteiger partial charge in [0.05, 0.1) is 11.2 Å². The number of nitrogens with one attached hydrogen (secondary N) is 2. The van der Waals surface area contributed by atoms with Crippen molar-refractivity contribution in [1.29, 1.82) is 0 Å². The van der Waals surface area contributed by atoms with Gasteiger partial charge in [0.2, 0.25) is 17.7 Å². The molecule has 158 valence electrons. The maximum Gasteiger partial charge on any atom is 0.245 e. The first-order valence-electron chi connectivity index (χ1n) is 9.50. The lowest BCUT2D eigenvalue weighted by Crippen LogP contribution is -2.62. The number of pyridine rings is 1. The maximum atomic E-state index is 13.0. The summed E-state index contributed by atoms with van der Waals surface area (Å²) in [5.74, 6) is -1.62. The van der Waals surface area contributed by atoms with Gasteiger partial charge < -0.3 is 15.5 Å².